The van der Waals surface area contributed by atoms with Crippen LogP contribution in [0.3, 0.4) is 0 Å². The number of ether oxygens (including phenoxy) is 2. The molecule has 3 rings (SSSR count). The van der Waals surface area contributed by atoms with E-state index in [1.165, 1.54) is 0 Å². The highest BCUT2D eigenvalue weighted by atomic mass is 16.6. The van der Waals surface area contributed by atoms with Gasteiger partial charge in [-0.1, -0.05) is 30.3 Å². The van der Waals surface area contributed by atoms with E-state index in [1.807, 2.05) is 30.3 Å². The van der Waals surface area contributed by atoms with E-state index < -0.39 is 30.4 Å². The van der Waals surface area contributed by atoms with Gasteiger partial charge in [0.2, 0.25) is 11.8 Å². The number of amides is 3. The average Bonchev–Trinajstić information content (AvgIpc) is 3.03. The molecule has 2 aromatic carbocycles. The van der Waals surface area contributed by atoms with Crippen molar-refractivity contribution < 1.29 is 23.9 Å². The number of nitrogens with zero attached hydrogens (tertiary/aromatic N) is 1. The Morgan fingerprint density at radius 1 is 1.15 bits per heavy atom. The predicted molar refractivity (Wildman–Crippen MR) is 98.4 cm³/mol. The first-order chi connectivity index (χ1) is 13.1. The number of nitrogens with one attached hydrogen (secondary N) is 1. The summed E-state index contributed by atoms with van der Waals surface area (Å²) < 4.78 is 10.1. The lowest BCUT2D eigenvalue weighted by atomic mass is 10.1. The first-order valence-electron chi connectivity index (χ1n) is 8.53. The van der Waals surface area contributed by atoms with Crippen molar-refractivity contribution in [3.8, 4) is 5.75 Å². The number of anilines is 1. The Bertz CT molecular complexity index is 820. The van der Waals surface area contributed by atoms with Crippen molar-refractivity contribution in [2.75, 3.05) is 19.0 Å². The van der Waals surface area contributed by atoms with Crippen molar-refractivity contribution >= 4 is 23.6 Å². The smallest absolute Gasteiger partial charge is 0.416 e. The van der Waals surface area contributed by atoms with E-state index in [-0.39, 0.29) is 6.61 Å². The molecule has 1 aliphatic heterocycles. The van der Waals surface area contributed by atoms with Crippen molar-refractivity contribution in [3.05, 3.63) is 60.2 Å². The molecule has 1 fully saturated rings. The molecule has 7 nitrogen and oxygen atoms in total. The average molecular weight is 368 g/mol. The summed E-state index contributed by atoms with van der Waals surface area (Å²) in [6.45, 7) is 0.125. The summed E-state index contributed by atoms with van der Waals surface area (Å²) in [6.07, 6.45) is -0.664. The topological polar surface area (TPSA) is 84.9 Å². The Labute approximate surface area is 156 Å². The number of hydrogen-bond donors (Lipinski definition) is 1. The normalized spacial score (nSPS) is 16.0. The molecule has 0 radical (unpaired) electrons. The zero-order valence-electron chi connectivity index (χ0n) is 14.9. The van der Waals surface area contributed by atoms with Crippen LogP contribution in [0.4, 0.5) is 10.5 Å². The lowest BCUT2D eigenvalue weighted by Crippen LogP contribution is -2.41. The zero-order chi connectivity index (χ0) is 19.2. The second kappa shape index (κ2) is 8.35. The quantitative estimate of drug-likeness (QED) is 0.793. The molecule has 1 heterocycles. The molecule has 1 atom stereocenters. The highest BCUT2D eigenvalue weighted by Crippen LogP contribution is 2.19. The summed E-state index contributed by atoms with van der Waals surface area (Å²) in [4.78, 5) is 37.7. The van der Waals surface area contributed by atoms with E-state index in [0.29, 0.717) is 17.9 Å². The number of hydrogen-bond acceptors (Lipinski definition) is 5. The molecule has 140 valence electrons. The fourth-order valence-electron chi connectivity index (χ4n) is 2.90. The van der Waals surface area contributed by atoms with Crippen molar-refractivity contribution in [1.29, 1.82) is 0 Å². The minimum atomic E-state index is -0.710. The lowest BCUT2D eigenvalue weighted by molar-refractivity contribution is -0.132. The van der Waals surface area contributed by atoms with Crippen LogP contribution >= 0.6 is 0 Å². The van der Waals surface area contributed by atoms with Crippen LogP contribution in [-0.4, -0.2) is 42.6 Å². The minimum absolute atomic E-state index is 0.125. The van der Waals surface area contributed by atoms with Crippen LogP contribution in [-0.2, 0) is 20.7 Å². The Kier molecular flexibility index (Phi) is 5.71. The van der Waals surface area contributed by atoms with E-state index in [2.05, 4.69) is 5.32 Å². The molecule has 1 aliphatic rings. The fourth-order valence-corrected chi connectivity index (χ4v) is 2.90. The largest absolute Gasteiger partial charge is 0.497 e. The first-order valence-corrected chi connectivity index (χ1v) is 8.53. The number of methoxy groups -OCH3 is 1. The molecule has 3 amide bonds. The summed E-state index contributed by atoms with van der Waals surface area (Å²) in [7, 11) is 1.55. The number of carbonyl (C=O) groups excluding carboxylic acids is 3. The van der Waals surface area contributed by atoms with Crippen LogP contribution in [0.1, 0.15) is 12.0 Å². The van der Waals surface area contributed by atoms with Gasteiger partial charge < -0.3 is 14.8 Å². The van der Waals surface area contributed by atoms with Gasteiger partial charge in [-0.2, -0.15) is 0 Å². The lowest BCUT2D eigenvalue weighted by Gasteiger charge is -2.19. The molecular formula is C20H20N2O5. The van der Waals surface area contributed by atoms with Crippen molar-refractivity contribution in [3.63, 3.8) is 0 Å². The van der Waals surface area contributed by atoms with Crippen molar-refractivity contribution in [2.24, 2.45) is 0 Å². The Hall–Kier alpha value is -3.35. The van der Waals surface area contributed by atoms with E-state index in [1.54, 1.807) is 31.4 Å². The van der Waals surface area contributed by atoms with Gasteiger partial charge in [0, 0.05) is 5.69 Å². The van der Waals surface area contributed by atoms with Gasteiger partial charge in [0.1, 0.15) is 18.8 Å². The monoisotopic (exact) mass is 368 g/mol. The number of rotatable bonds is 6. The molecule has 0 saturated carbocycles. The Morgan fingerprint density at radius 2 is 1.85 bits per heavy atom. The fraction of sp³-hybridized carbons (Fsp3) is 0.250. The molecule has 27 heavy (non-hydrogen) atoms. The summed E-state index contributed by atoms with van der Waals surface area (Å²) in [5, 5.41) is 2.63. The standard InChI is InChI=1S/C20H20N2O5/c1-26-17-9-7-15(8-10-17)21-18(23)12-19(24)22-16(13-27-20(22)25)11-14-5-3-2-4-6-14/h2-10,16H,11-13H2,1H3,(H,21,23)/t16-/m0/s1. The highest BCUT2D eigenvalue weighted by molar-refractivity contribution is 6.07. The Balaban J connectivity index is 1.60. The number of benzene rings is 2. The molecule has 0 aromatic heterocycles. The summed E-state index contributed by atoms with van der Waals surface area (Å²) in [6, 6.07) is 15.8. The minimum Gasteiger partial charge on any atom is -0.497 e. The van der Waals surface area contributed by atoms with Crippen LogP contribution in [0.25, 0.3) is 0 Å². The van der Waals surface area contributed by atoms with Crippen LogP contribution in [0, 0.1) is 0 Å². The van der Waals surface area contributed by atoms with Gasteiger partial charge in [0.15, 0.2) is 0 Å². The van der Waals surface area contributed by atoms with E-state index in [9.17, 15) is 14.4 Å². The van der Waals surface area contributed by atoms with Gasteiger partial charge in [-0.05, 0) is 36.2 Å². The summed E-state index contributed by atoms with van der Waals surface area (Å²) >= 11 is 0. The molecule has 1 N–H and O–H groups in total. The third-order valence-corrected chi connectivity index (χ3v) is 4.23. The third-order valence-electron chi connectivity index (χ3n) is 4.23. The molecule has 2 aromatic rings. The zero-order valence-corrected chi connectivity index (χ0v) is 14.9. The Morgan fingerprint density at radius 3 is 2.52 bits per heavy atom. The SMILES string of the molecule is COc1ccc(NC(=O)CC(=O)N2C(=O)OC[C@@H]2Cc2ccccc2)cc1. The second-order valence-electron chi connectivity index (χ2n) is 6.14. The highest BCUT2D eigenvalue weighted by Gasteiger charge is 2.38. The van der Waals surface area contributed by atoms with E-state index >= 15 is 0 Å². The van der Waals surface area contributed by atoms with Gasteiger partial charge in [-0.25, -0.2) is 9.69 Å². The van der Waals surface area contributed by atoms with Gasteiger partial charge >= 0.3 is 6.09 Å². The molecular weight excluding hydrogens is 348 g/mol. The summed E-state index contributed by atoms with van der Waals surface area (Å²) in [5.41, 5.74) is 1.53. The van der Waals surface area contributed by atoms with E-state index in [0.717, 1.165) is 10.5 Å². The maximum Gasteiger partial charge on any atom is 0.416 e. The maximum atomic E-state index is 12.5. The number of cyclic esters (lactones) is 1. The van der Waals surface area contributed by atoms with Crippen LogP contribution < -0.4 is 10.1 Å². The molecule has 7 heteroatoms. The van der Waals surface area contributed by atoms with Crippen molar-refractivity contribution in [1.82, 2.24) is 4.90 Å². The second-order valence-corrected chi connectivity index (χ2v) is 6.14. The van der Waals surface area contributed by atoms with Crippen LogP contribution in [0.5, 0.6) is 5.75 Å². The number of carbonyl (C=O) groups is 3. The number of imide groups is 1. The molecule has 0 spiro atoms. The third kappa shape index (κ3) is 4.63. The maximum absolute atomic E-state index is 12.5. The molecule has 0 aliphatic carbocycles. The van der Waals surface area contributed by atoms with Crippen LogP contribution in [0.2, 0.25) is 0 Å². The molecule has 1 saturated heterocycles. The molecule has 0 unspecified atom stereocenters. The predicted octanol–water partition coefficient (Wildman–Crippen LogP) is 2.61. The van der Waals surface area contributed by atoms with Gasteiger partial charge in [-0.15, -0.1) is 0 Å². The molecule has 0 bridgehead atoms. The van der Waals surface area contributed by atoms with Crippen molar-refractivity contribution in [2.45, 2.75) is 18.9 Å². The first kappa shape index (κ1) is 18.4. The van der Waals surface area contributed by atoms with Gasteiger partial charge in [-0.3, -0.25) is 9.59 Å². The van der Waals surface area contributed by atoms with Gasteiger partial charge in [0.05, 0.1) is 13.2 Å². The van der Waals surface area contributed by atoms with E-state index in [4.69, 9.17) is 9.47 Å². The summed E-state index contributed by atoms with van der Waals surface area (Å²) in [5.74, 6) is -0.416. The van der Waals surface area contributed by atoms with Gasteiger partial charge in [0.25, 0.3) is 0 Å². The van der Waals surface area contributed by atoms with Crippen LogP contribution in [0.15, 0.2) is 54.6 Å².